The van der Waals surface area contributed by atoms with Crippen LogP contribution in [0.1, 0.15) is 31.2 Å². The zero-order valence-corrected chi connectivity index (χ0v) is 11.4. The van der Waals surface area contributed by atoms with Crippen LogP contribution < -0.4 is 4.74 Å². The Labute approximate surface area is 114 Å². The summed E-state index contributed by atoms with van der Waals surface area (Å²) >= 11 is 0. The zero-order valence-electron chi connectivity index (χ0n) is 11.4. The molecule has 4 heteroatoms. The highest BCUT2D eigenvalue weighted by atomic mass is 19.1. The molecule has 2 rings (SSSR count). The Morgan fingerprint density at radius 1 is 1.42 bits per heavy atom. The quantitative estimate of drug-likeness (QED) is 0.890. The molecule has 1 atom stereocenters. The Kier molecular flexibility index (Phi) is 5.16. The summed E-state index contributed by atoms with van der Waals surface area (Å²) in [5, 5.41) is 9.14. The van der Waals surface area contributed by atoms with E-state index in [0.717, 1.165) is 30.7 Å². The monoisotopic (exact) mass is 267 g/mol. The summed E-state index contributed by atoms with van der Waals surface area (Å²) in [6.07, 6.45) is 4.27. The Hall–Kier alpha value is -1.13. The van der Waals surface area contributed by atoms with Gasteiger partial charge in [0.1, 0.15) is 11.6 Å². The minimum Gasteiger partial charge on any atom is -0.496 e. The molecule has 1 saturated heterocycles. The van der Waals surface area contributed by atoms with E-state index in [-0.39, 0.29) is 12.4 Å². The second-order valence-electron chi connectivity index (χ2n) is 5.09. The van der Waals surface area contributed by atoms with Gasteiger partial charge in [-0.05, 0) is 44.0 Å². The molecule has 0 bridgehead atoms. The number of ether oxygens (including phenoxy) is 1. The van der Waals surface area contributed by atoms with Gasteiger partial charge in [-0.15, -0.1) is 0 Å². The molecular formula is C15H22FNO2. The molecule has 1 aromatic carbocycles. The molecular weight excluding hydrogens is 245 g/mol. The number of hydrogen-bond donors (Lipinski definition) is 1. The number of likely N-dealkylation sites (tertiary alicyclic amines) is 1. The van der Waals surface area contributed by atoms with Gasteiger partial charge in [0.25, 0.3) is 0 Å². The second kappa shape index (κ2) is 6.87. The number of hydrogen-bond acceptors (Lipinski definition) is 3. The third-order valence-electron chi connectivity index (χ3n) is 3.83. The van der Waals surface area contributed by atoms with Gasteiger partial charge in [-0.1, -0.05) is 6.42 Å². The van der Waals surface area contributed by atoms with Gasteiger partial charge >= 0.3 is 0 Å². The lowest BCUT2D eigenvalue weighted by atomic mass is 9.98. The molecule has 1 aliphatic heterocycles. The molecule has 3 nitrogen and oxygen atoms in total. The first kappa shape index (κ1) is 14.3. The molecule has 0 amide bonds. The number of benzene rings is 1. The summed E-state index contributed by atoms with van der Waals surface area (Å²) in [6, 6.07) is 5.04. The van der Waals surface area contributed by atoms with Gasteiger partial charge in [-0.2, -0.15) is 0 Å². The van der Waals surface area contributed by atoms with Crippen LogP contribution in [0.3, 0.4) is 0 Å². The van der Waals surface area contributed by atoms with Crippen molar-refractivity contribution in [2.45, 2.75) is 38.3 Å². The fraction of sp³-hybridized carbons (Fsp3) is 0.600. The number of piperidine rings is 1. The van der Waals surface area contributed by atoms with E-state index in [2.05, 4.69) is 4.90 Å². The van der Waals surface area contributed by atoms with E-state index in [4.69, 9.17) is 9.84 Å². The molecule has 0 saturated carbocycles. The highest BCUT2D eigenvalue weighted by Crippen LogP contribution is 2.26. The van der Waals surface area contributed by atoms with Crippen molar-refractivity contribution < 1.29 is 14.2 Å². The summed E-state index contributed by atoms with van der Waals surface area (Å²) in [7, 11) is 1.61. The molecule has 1 N–H and O–H groups in total. The van der Waals surface area contributed by atoms with Crippen molar-refractivity contribution in [1.82, 2.24) is 4.90 Å². The van der Waals surface area contributed by atoms with Crippen molar-refractivity contribution in [2.24, 2.45) is 0 Å². The van der Waals surface area contributed by atoms with Crippen molar-refractivity contribution in [3.8, 4) is 5.75 Å². The number of halogens is 1. The number of nitrogens with zero attached hydrogens (tertiary/aromatic N) is 1. The molecule has 0 aromatic heterocycles. The van der Waals surface area contributed by atoms with Gasteiger partial charge in [-0.3, -0.25) is 4.90 Å². The highest BCUT2D eigenvalue weighted by molar-refractivity contribution is 5.33. The third kappa shape index (κ3) is 3.67. The molecule has 0 spiro atoms. The van der Waals surface area contributed by atoms with Gasteiger partial charge in [-0.25, -0.2) is 4.39 Å². The van der Waals surface area contributed by atoms with E-state index >= 15 is 0 Å². The van der Waals surface area contributed by atoms with Crippen molar-refractivity contribution in [2.75, 3.05) is 20.3 Å². The van der Waals surface area contributed by atoms with Crippen LogP contribution in [0.5, 0.6) is 5.75 Å². The molecule has 1 unspecified atom stereocenters. The van der Waals surface area contributed by atoms with Gasteiger partial charge in [0, 0.05) is 24.8 Å². The fourth-order valence-corrected chi connectivity index (χ4v) is 2.83. The van der Waals surface area contributed by atoms with Crippen LogP contribution in [-0.4, -0.2) is 36.3 Å². The van der Waals surface area contributed by atoms with Crippen LogP contribution in [0.4, 0.5) is 4.39 Å². The first-order chi connectivity index (χ1) is 9.24. The minimum atomic E-state index is -0.230. The number of methoxy groups -OCH3 is 1. The number of aliphatic hydroxyl groups excluding tert-OH is 1. The molecule has 0 aliphatic carbocycles. The van der Waals surface area contributed by atoms with Crippen LogP contribution in [0.2, 0.25) is 0 Å². The van der Waals surface area contributed by atoms with Crippen LogP contribution >= 0.6 is 0 Å². The lowest BCUT2D eigenvalue weighted by Gasteiger charge is -2.35. The molecule has 106 valence electrons. The van der Waals surface area contributed by atoms with Crippen LogP contribution in [0.25, 0.3) is 0 Å². The maximum absolute atomic E-state index is 13.4. The first-order valence-corrected chi connectivity index (χ1v) is 6.92. The van der Waals surface area contributed by atoms with E-state index in [1.165, 1.54) is 18.9 Å². The molecule has 1 aliphatic rings. The minimum absolute atomic E-state index is 0.210. The summed E-state index contributed by atoms with van der Waals surface area (Å²) in [5.41, 5.74) is 0.882. The van der Waals surface area contributed by atoms with Gasteiger partial charge in [0.2, 0.25) is 0 Å². The van der Waals surface area contributed by atoms with Crippen molar-refractivity contribution in [1.29, 1.82) is 0 Å². The average Bonchev–Trinajstić information content (AvgIpc) is 2.42. The zero-order chi connectivity index (χ0) is 13.7. The van der Waals surface area contributed by atoms with E-state index in [1.54, 1.807) is 19.2 Å². The molecule has 19 heavy (non-hydrogen) atoms. The summed E-state index contributed by atoms with van der Waals surface area (Å²) in [4.78, 5) is 2.33. The largest absolute Gasteiger partial charge is 0.496 e. The normalized spacial score (nSPS) is 20.5. The van der Waals surface area contributed by atoms with Crippen molar-refractivity contribution in [3.63, 3.8) is 0 Å². The Morgan fingerprint density at radius 2 is 2.26 bits per heavy atom. The summed E-state index contributed by atoms with van der Waals surface area (Å²) in [6.45, 7) is 1.90. The molecule has 0 radical (unpaired) electrons. The number of aliphatic hydroxyl groups is 1. The van der Waals surface area contributed by atoms with Crippen molar-refractivity contribution >= 4 is 0 Å². The van der Waals surface area contributed by atoms with Gasteiger partial charge in [0.15, 0.2) is 0 Å². The molecule has 1 heterocycles. The molecule has 1 aromatic rings. The smallest absolute Gasteiger partial charge is 0.123 e. The van der Waals surface area contributed by atoms with Crippen molar-refractivity contribution in [3.05, 3.63) is 29.6 Å². The maximum atomic E-state index is 13.4. The van der Waals surface area contributed by atoms with Gasteiger partial charge < -0.3 is 9.84 Å². The average molecular weight is 267 g/mol. The Bertz CT molecular complexity index is 409. The van der Waals surface area contributed by atoms with E-state index in [0.29, 0.717) is 12.6 Å². The summed E-state index contributed by atoms with van der Waals surface area (Å²) < 4.78 is 18.7. The van der Waals surface area contributed by atoms with Crippen LogP contribution in [-0.2, 0) is 6.54 Å². The summed E-state index contributed by atoms with van der Waals surface area (Å²) in [5.74, 6) is 0.501. The Balaban J connectivity index is 2.11. The van der Waals surface area contributed by atoms with E-state index < -0.39 is 0 Å². The van der Waals surface area contributed by atoms with Crippen LogP contribution in [0, 0.1) is 5.82 Å². The predicted octanol–water partition coefficient (Wildman–Crippen LogP) is 2.57. The number of rotatable bonds is 5. The van der Waals surface area contributed by atoms with Crippen LogP contribution in [0.15, 0.2) is 18.2 Å². The lowest BCUT2D eigenvalue weighted by Crippen LogP contribution is -2.39. The maximum Gasteiger partial charge on any atom is 0.123 e. The highest BCUT2D eigenvalue weighted by Gasteiger charge is 2.23. The second-order valence-corrected chi connectivity index (χ2v) is 5.09. The SMILES string of the molecule is COc1ccc(F)cc1CN1CCCCC1CCO. The fourth-order valence-electron chi connectivity index (χ4n) is 2.83. The first-order valence-electron chi connectivity index (χ1n) is 6.92. The van der Waals surface area contributed by atoms with E-state index in [9.17, 15) is 4.39 Å². The standard InChI is InChI=1S/C15H22FNO2/c1-19-15-6-5-13(16)10-12(15)11-17-8-3-2-4-14(17)7-9-18/h5-6,10,14,18H,2-4,7-9,11H2,1H3. The Morgan fingerprint density at radius 3 is 3.00 bits per heavy atom. The lowest BCUT2D eigenvalue weighted by molar-refractivity contribution is 0.111. The molecule has 1 fully saturated rings. The van der Waals surface area contributed by atoms with Gasteiger partial charge in [0.05, 0.1) is 7.11 Å². The van der Waals surface area contributed by atoms with E-state index in [1.807, 2.05) is 0 Å². The third-order valence-corrected chi connectivity index (χ3v) is 3.83. The predicted molar refractivity (Wildman–Crippen MR) is 72.7 cm³/mol. The topological polar surface area (TPSA) is 32.7 Å².